The van der Waals surface area contributed by atoms with Crippen molar-refractivity contribution in [1.82, 2.24) is 5.32 Å². The minimum atomic E-state index is -0.104. The highest BCUT2D eigenvalue weighted by Gasteiger charge is 2.16. The molecule has 0 bridgehead atoms. The number of carbonyl (C=O) groups is 1. The van der Waals surface area contributed by atoms with E-state index >= 15 is 0 Å². The molecule has 15 heavy (non-hydrogen) atoms. The Morgan fingerprint density at radius 2 is 1.87 bits per heavy atom. The third-order valence-electron chi connectivity index (χ3n) is 2.08. The highest BCUT2D eigenvalue weighted by atomic mass is 16.1. The van der Waals surface area contributed by atoms with Gasteiger partial charge in [0, 0.05) is 5.54 Å². The molecule has 82 valence electrons. The van der Waals surface area contributed by atoms with Gasteiger partial charge in [-0.3, -0.25) is 0 Å². The van der Waals surface area contributed by atoms with Crippen LogP contribution in [0.15, 0.2) is 30.3 Å². The van der Waals surface area contributed by atoms with Crippen LogP contribution in [0.4, 0.5) is 0 Å². The minimum absolute atomic E-state index is 0.0274. The van der Waals surface area contributed by atoms with Crippen molar-refractivity contribution in [2.45, 2.75) is 38.8 Å². The predicted molar refractivity (Wildman–Crippen MR) is 62.9 cm³/mol. The van der Waals surface area contributed by atoms with Crippen molar-refractivity contribution in [3.63, 3.8) is 0 Å². The van der Waals surface area contributed by atoms with Crippen LogP contribution in [0.1, 0.15) is 26.3 Å². The summed E-state index contributed by atoms with van der Waals surface area (Å²) in [5.74, 6) is 0. The molecule has 1 unspecified atom stereocenters. The molecule has 2 heteroatoms. The standard InChI is InChI=1S/C13H19NO/c1-13(2,3)14-12(10-15)9-11-7-5-4-6-8-11/h4-8,10,12,14H,9H2,1-3H3. The Morgan fingerprint density at radius 1 is 1.27 bits per heavy atom. The van der Waals surface area contributed by atoms with Crippen LogP contribution in [0.5, 0.6) is 0 Å². The summed E-state index contributed by atoms with van der Waals surface area (Å²) in [4.78, 5) is 10.9. The highest BCUT2D eigenvalue weighted by Crippen LogP contribution is 2.06. The first kappa shape index (κ1) is 11.9. The van der Waals surface area contributed by atoms with E-state index in [0.29, 0.717) is 0 Å². The lowest BCUT2D eigenvalue weighted by molar-refractivity contribution is -0.110. The van der Waals surface area contributed by atoms with Crippen molar-refractivity contribution in [2.24, 2.45) is 0 Å². The molecule has 0 aliphatic rings. The second kappa shape index (κ2) is 5.08. The Hall–Kier alpha value is -1.15. The number of rotatable bonds is 4. The molecule has 0 saturated heterocycles. The lowest BCUT2D eigenvalue weighted by Gasteiger charge is -2.25. The van der Waals surface area contributed by atoms with Gasteiger partial charge in [0.05, 0.1) is 6.04 Å². The molecule has 0 saturated carbocycles. The van der Waals surface area contributed by atoms with E-state index in [-0.39, 0.29) is 11.6 Å². The second-order valence-corrected chi connectivity index (χ2v) is 4.83. The molecule has 1 rings (SSSR count). The summed E-state index contributed by atoms with van der Waals surface area (Å²) in [5, 5.41) is 3.29. The highest BCUT2D eigenvalue weighted by molar-refractivity contribution is 5.58. The van der Waals surface area contributed by atoms with E-state index in [1.54, 1.807) is 0 Å². The Bertz CT molecular complexity index is 300. The number of hydrogen-bond donors (Lipinski definition) is 1. The Balaban J connectivity index is 2.59. The van der Waals surface area contributed by atoms with Gasteiger partial charge in [0.2, 0.25) is 0 Å². The average Bonchev–Trinajstić information content (AvgIpc) is 2.16. The van der Waals surface area contributed by atoms with Crippen LogP contribution in [0.2, 0.25) is 0 Å². The lowest BCUT2D eigenvalue weighted by atomic mass is 10.0. The summed E-state index contributed by atoms with van der Waals surface area (Å²) in [6.07, 6.45) is 1.74. The third-order valence-corrected chi connectivity index (χ3v) is 2.08. The van der Waals surface area contributed by atoms with Gasteiger partial charge in [-0.2, -0.15) is 0 Å². The largest absolute Gasteiger partial charge is 0.303 e. The SMILES string of the molecule is CC(C)(C)NC(C=O)Cc1ccccc1. The molecule has 1 aromatic rings. The first-order valence-corrected chi connectivity index (χ1v) is 5.28. The summed E-state index contributed by atoms with van der Waals surface area (Å²) in [5.41, 5.74) is 1.16. The van der Waals surface area contributed by atoms with Gasteiger partial charge in [0.25, 0.3) is 0 Å². The molecule has 1 atom stereocenters. The van der Waals surface area contributed by atoms with Crippen molar-refractivity contribution in [1.29, 1.82) is 0 Å². The minimum Gasteiger partial charge on any atom is -0.303 e. The van der Waals surface area contributed by atoms with E-state index in [9.17, 15) is 4.79 Å². The van der Waals surface area contributed by atoms with Gasteiger partial charge in [-0.1, -0.05) is 30.3 Å². The Kier molecular flexibility index (Phi) is 4.04. The number of aldehydes is 1. The fourth-order valence-electron chi connectivity index (χ4n) is 1.56. The predicted octanol–water partition coefficient (Wildman–Crippen LogP) is 2.18. The van der Waals surface area contributed by atoms with Crippen LogP contribution in [0.3, 0.4) is 0 Å². The van der Waals surface area contributed by atoms with Crippen molar-refractivity contribution in [3.8, 4) is 0 Å². The molecule has 0 amide bonds. The Morgan fingerprint density at radius 3 is 2.33 bits per heavy atom. The van der Waals surface area contributed by atoms with E-state index in [2.05, 4.69) is 26.1 Å². The third kappa shape index (κ3) is 4.75. The average molecular weight is 205 g/mol. The second-order valence-electron chi connectivity index (χ2n) is 4.83. The van der Waals surface area contributed by atoms with Gasteiger partial charge in [-0.05, 0) is 32.8 Å². The summed E-state index contributed by atoms with van der Waals surface area (Å²) in [6, 6.07) is 9.95. The van der Waals surface area contributed by atoms with Crippen LogP contribution in [0.25, 0.3) is 0 Å². The number of benzene rings is 1. The molecule has 0 fully saturated rings. The molecule has 1 aromatic carbocycles. The summed E-state index contributed by atoms with van der Waals surface area (Å²) < 4.78 is 0. The smallest absolute Gasteiger partial charge is 0.137 e. The molecular formula is C13H19NO. The van der Waals surface area contributed by atoms with E-state index in [0.717, 1.165) is 12.7 Å². The zero-order valence-corrected chi connectivity index (χ0v) is 9.66. The van der Waals surface area contributed by atoms with Gasteiger partial charge in [-0.15, -0.1) is 0 Å². The molecule has 0 radical (unpaired) electrons. The van der Waals surface area contributed by atoms with Crippen molar-refractivity contribution in [3.05, 3.63) is 35.9 Å². The number of nitrogens with one attached hydrogen (secondary N) is 1. The molecule has 0 heterocycles. The van der Waals surface area contributed by atoms with Crippen molar-refractivity contribution < 1.29 is 4.79 Å². The Labute approximate surface area is 91.7 Å². The quantitative estimate of drug-likeness (QED) is 0.763. The molecule has 0 aromatic heterocycles. The molecule has 0 spiro atoms. The van der Waals surface area contributed by atoms with E-state index < -0.39 is 0 Å². The maximum Gasteiger partial charge on any atom is 0.137 e. The van der Waals surface area contributed by atoms with Crippen LogP contribution >= 0.6 is 0 Å². The van der Waals surface area contributed by atoms with Crippen molar-refractivity contribution >= 4 is 6.29 Å². The van der Waals surface area contributed by atoms with Crippen LogP contribution < -0.4 is 5.32 Å². The molecule has 1 N–H and O–H groups in total. The maximum absolute atomic E-state index is 10.9. The zero-order valence-electron chi connectivity index (χ0n) is 9.66. The van der Waals surface area contributed by atoms with Gasteiger partial charge >= 0.3 is 0 Å². The van der Waals surface area contributed by atoms with Crippen LogP contribution in [-0.2, 0) is 11.2 Å². The van der Waals surface area contributed by atoms with E-state index in [4.69, 9.17) is 0 Å². The lowest BCUT2D eigenvalue weighted by Crippen LogP contribution is -2.45. The zero-order chi connectivity index (χ0) is 11.3. The van der Waals surface area contributed by atoms with Crippen LogP contribution in [-0.4, -0.2) is 17.9 Å². The number of hydrogen-bond acceptors (Lipinski definition) is 2. The molecule has 0 aliphatic carbocycles. The number of carbonyl (C=O) groups excluding carboxylic acids is 1. The first-order valence-electron chi connectivity index (χ1n) is 5.28. The molecule has 2 nitrogen and oxygen atoms in total. The molecular weight excluding hydrogens is 186 g/mol. The van der Waals surface area contributed by atoms with E-state index in [1.807, 2.05) is 30.3 Å². The maximum atomic E-state index is 10.9. The van der Waals surface area contributed by atoms with Gasteiger partial charge < -0.3 is 10.1 Å². The van der Waals surface area contributed by atoms with Gasteiger partial charge in [0.1, 0.15) is 6.29 Å². The van der Waals surface area contributed by atoms with E-state index in [1.165, 1.54) is 5.56 Å². The normalized spacial score (nSPS) is 13.5. The summed E-state index contributed by atoms with van der Waals surface area (Å²) >= 11 is 0. The fourth-order valence-corrected chi connectivity index (χ4v) is 1.56. The topological polar surface area (TPSA) is 29.1 Å². The van der Waals surface area contributed by atoms with Crippen molar-refractivity contribution in [2.75, 3.05) is 0 Å². The van der Waals surface area contributed by atoms with Gasteiger partial charge in [-0.25, -0.2) is 0 Å². The monoisotopic (exact) mass is 205 g/mol. The summed E-state index contributed by atoms with van der Waals surface area (Å²) in [7, 11) is 0. The van der Waals surface area contributed by atoms with Crippen LogP contribution in [0, 0.1) is 0 Å². The summed E-state index contributed by atoms with van der Waals surface area (Å²) in [6.45, 7) is 6.19. The first-order chi connectivity index (χ1) is 7.01. The molecule has 0 aliphatic heterocycles. The van der Waals surface area contributed by atoms with Gasteiger partial charge in [0.15, 0.2) is 0 Å². The fraction of sp³-hybridized carbons (Fsp3) is 0.462.